The maximum absolute atomic E-state index is 12.9. The van der Waals surface area contributed by atoms with Crippen molar-refractivity contribution in [2.45, 2.75) is 13.3 Å². The largest absolute Gasteiger partial charge is 0.493 e. The number of ether oxygens (including phenoxy) is 4. The van der Waals surface area contributed by atoms with Gasteiger partial charge in [0.05, 0.1) is 40.2 Å². The van der Waals surface area contributed by atoms with Gasteiger partial charge in [0.1, 0.15) is 5.56 Å². The van der Waals surface area contributed by atoms with E-state index in [1.807, 2.05) is 0 Å². The molecule has 164 valence electrons. The van der Waals surface area contributed by atoms with Crippen molar-refractivity contribution >= 4 is 5.91 Å². The van der Waals surface area contributed by atoms with E-state index in [0.717, 1.165) is 39.3 Å². The topological polar surface area (TPSA) is 95.3 Å². The third-order valence-electron chi connectivity index (χ3n) is 5.06. The Labute approximate surface area is 176 Å². The minimum Gasteiger partial charge on any atom is -0.493 e. The van der Waals surface area contributed by atoms with E-state index in [1.165, 1.54) is 21.3 Å². The lowest BCUT2D eigenvalue weighted by Gasteiger charge is -2.26. The Morgan fingerprint density at radius 2 is 1.80 bits per heavy atom. The predicted octanol–water partition coefficient (Wildman–Crippen LogP) is 2.13. The summed E-state index contributed by atoms with van der Waals surface area (Å²) in [6.45, 7) is 6.64. The molecule has 1 aromatic heterocycles. The standard InChI is InChI=1S/C21H29N3O6/c1-14-18(21(25)22-6-5-7-24-8-10-29-11-9-24)19(30-23-14)15-12-16(26-2)20(28-4)17(13-15)27-3/h12-13H,5-11H2,1-4H3,(H,22,25). The van der Waals surface area contributed by atoms with Crippen molar-refractivity contribution in [1.29, 1.82) is 0 Å². The van der Waals surface area contributed by atoms with Gasteiger partial charge in [-0.15, -0.1) is 0 Å². The maximum atomic E-state index is 12.9. The van der Waals surface area contributed by atoms with Gasteiger partial charge in [-0.3, -0.25) is 9.69 Å². The van der Waals surface area contributed by atoms with Crippen molar-refractivity contribution in [2.75, 3.05) is 60.7 Å². The van der Waals surface area contributed by atoms with Crippen molar-refractivity contribution in [2.24, 2.45) is 0 Å². The molecule has 0 unspecified atom stereocenters. The van der Waals surface area contributed by atoms with E-state index in [4.69, 9.17) is 23.5 Å². The van der Waals surface area contributed by atoms with E-state index in [0.29, 0.717) is 46.4 Å². The average molecular weight is 419 g/mol. The molecule has 2 aromatic rings. The van der Waals surface area contributed by atoms with Crippen LogP contribution in [-0.4, -0.2) is 76.7 Å². The lowest BCUT2D eigenvalue weighted by atomic mass is 10.0. The molecule has 0 spiro atoms. The second-order valence-corrected chi connectivity index (χ2v) is 6.95. The van der Waals surface area contributed by atoms with Crippen molar-refractivity contribution in [3.8, 4) is 28.6 Å². The number of aryl methyl sites for hydroxylation is 1. The highest BCUT2D eigenvalue weighted by Crippen LogP contribution is 2.42. The van der Waals surface area contributed by atoms with E-state index in [2.05, 4.69) is 15.4 Å². The molecule has 0 bridgehead atoms. The van der Waals surface area contributed by atoms with Crippen LogP contribution in [0.2, 0.25) is 0 Å². The highest BCUT2D eigenvalue weighted by molar-refractivity contribution is 6.00. The van der Waals surface area contributed by atoms with Gasteiger partial charge in [0.2, 0.25) is 5.75 Å². The number of hydrogen-bond acceptors (Lipinski definition) is 8. The van der Waals surface area contributed by atoms with Crippen LogP contribution in [0, 0.1) is 6.92 Å². The molecule has 1 aliphatic rings. The summed E-state index contributed by atoms with van der Waals surface area (Å²) in [5.41, 5.74) is 1.53. The van der Waals surface area contributed by atoms with E-state index in [9.17, 15) is 4.79 Å². The van der Waals surface area contributed by atoms with Gasteiger partial charge in [-0.25, -0.2) is 0 Å². The first-order valence-corrected chi connectivity index (χ1v) is 9.94. The number of amides is 1. The fourth-order valence-corrected chi connectivity index (χ4v) is 3.46. The van der Waals surface area contributed by atoms with Gasteiger partial charge in [0, 0.05) is 25.2 Å². The molecule has 0 radical (unpaired) electrons. The Morgan fingerprint density at radius 3 is 2.40 bits per heavy atom. The van der Waals surface area contributed by atoms with Crippen LogP contribution in [0.5, 0.6) is 17.2 Å². The van der Waals surface area contributed by atoms with Gasteiger partial charge < -0.3 is 28.8 Å². The molecule has 1 fully saturated rings. The van der Waals surface area contributed by atoms with Gasteiger partial charge in [0.25, 0.3) is 5.91 Å². The number of carbonyl (C=O) groups excluding carboxylic acids is 1. The molecule has 1 aliphatic heterocycles. The first-order valence-electron chi connectivity index (χ1n) is 9.94. The number of hydrogen-bond donors (Lipinski definition) is 1. The Bertz CT molecular complexity index is 835. The number of benzene rings is 1. The zero-order valence-electron chi connectivity index (χ0n) is 17.9. The second-order valence-electron chi connectivity index (χ2n) is 6.95. The van der Waals surface area contributed by atoms with Crippen LogP contribution in [0.15, 0.2) is 16.7 Å². The fourth-order valence-electron chi connectivity index (χ4n) is 3.46. The fraction of sp³-hybridized carbons (Fsp3) is 0.524. The summed E-state index contributed by atoms with van der Waals surface area (Å²) < 4.78 is 27.0. The van der Waals surface area contributed by atoms with Crippen molar-refractivity contribution < 1.29 is 28.3 Å². The lowest BCUT2D eigenvalue weighted by Crippen LogP contribution is -2.38. The highest BCUT2D eigenvalue weighted by Gasteiger charge is 2.24. The summed E-state index contributed by atoms with van der Waals surface area (Å²) in [4.78, 5) is 15.2. The van der Waals surface area contributed by atoms with Crippen LogP contribution >= 0.6 is 0 Å². The molecule has 1 aromatic carbocycles. The molecular weight excluding hydrogens is 390 g/mol. The number of methoxy groups -OCH3 is 3. The molecule has 9 heteroatoms. The Balaban J connectivity index is 1.73. The predicted molar refractivity (Wildman–Crippen MR) is 111 cm³/mol. The van der Waals surface area contributed by atoms with Crippen LogP contribution in [0.1, 0.15) is 22.5 Å². The summed E-state index contributed by atoms with van der Waals surface area (Å²) >= 11 is 0. The summed E-state index contributed by atoms with van der Waals surface area (Å²) in [5.74, 6) is 1.54. The average Bonchev–Trinajstić information content (AvgIpc) is 3.17. The summed E-state index contributed by atoms with van der Waals surface area (Å²) in [6, 6.07) is 3.47. The van der Waals surface area contributed by atoms with Gasteiger partial charge in [0.15, 0.2) is 17.3 Å². The highest BCUT2D eigenvalue weighted by atomic mass is 16.5. The van der Waals surface area contributed by atoms with E-state index >= 15 is 0 Å². The Kier molecular flexibility index (Phi) is 7.53. The SMILES string of the molecule is COc1cc(-c2onc(C)c2C(=O)NCCCN2CCOCC2)cc(OC)c1OC. The summed E-state index contributed by atoms with van der Waals surface area (Å²) in [5, 5.41) is 6.97. The minimum absolute atomic E-state index is 0.223. The molecule has 0 atom stereocenters. The van der Waals surface area contributed by atoms with Gasteiger partial charge in [-0.2, -0.15) is 0 Å². The van der Waals surface area contributed by atoms with Crippen molar-refractivity contribution in [3.63, 3.8) is 0 Å². The molecule has 1 N–H and O–H groups in total. The first-order chi connectivity index (χ1) is 14.6. The number of nitrogens with one attached hydrogen (secondary N) is 1. The normalized spacial score (nSPS) is 14.4. The van der Waals surface area contributed by atoms with Gasteiger partial charge in [-0.1, -0.05) is 5.16 Å². The molecule has 30 heavy (non-hydrogen) atoms. The third kappa shape index (κ3) is 4.85. The first kappa shape index (κ1) is 21.9. The number of morpholine rings is 1. The van der Waals surface area contributed by atoms with Crippen LogP contribution in [0.3, 0.4) is 0 Å². The number of nitrogens with zero attached hydrogens (tertiary/aromatic N) is 2. The molecule has 0 aliphatic carbocycles. The monoisotopic (exact) mass is 419 g/mol. The van der Waals surface area contributed by atoms with Crippen molar-refractivity contribution in [1.82, 2.24) is 15.4 Å². The molecule has 2 heterocycles. The van der Waals surface area contributed by atoms with Crippen LogP contribution in [0.25, 0.3) is 11.3 Å². The zero-order valence-corrected chi connectivity index (χ0v) is 17.9. The second kappa shape index (κ2) is 10.3. The van der Waals surface area contributed by atoms with E-state index in [-0.39, 0.29) is 5.91 Å². The minimum atomic E-state index is -0.223. The zero-order chi connectivity index (χ0) is 21.5. The van der Waals surface area contributed by atoms with E-state index in [1.54, 1.807) is 19.1 Å². The van der Waals surface area contributed by atoms with Crippen LogP contribution in [0.4, 0.5) is 0 Å². The molecular formula is C21H29N3O6. The quantitative estimate of drug-likeness (QED) is 0.618. The smallest absolute Gasteiger partial charge is 0.257 e. The number of rotatable bonds is 9. The molecule has 1 amide bonds. The van der Waals surface area contributed by atoms with Gasteiger partial charge in [-0.05, 0) is 32.0 Å². The molecule has 1 saturated heterocycles. The molecule has 9 nitrogen and oxygen atoms in total. The number of aromatic nitrogens is 1. The van der Waals surface area contributed by atoms with Crippen molar-refractivity contribution in [3.05, 3.63) is 23.4 Å². The third-order valence-corrected chi connectivity index (χ3v) is 5.06. The maximum Gasteiger partial charge on any atom is 0.257 e. The molecule has 3 rings (SSSR count). The number of carbonyl (C=O) groups is 1. The summed E-state index contributed by atoms with van der Waals surface area (Å²) in [6.07, 6.45) is 0.857. The van der Waals surface area contributed by atoms with E-state index < -0.39 is 0 Å². The molecule has 0 saturated carbocycles. The Morgan fingerprint density at radius 1 is 1.13 bits per heavy atom. The van der Waals surface area contributed by atoms with Crippen LogP contribution in [-0.2, 0) is 4.74 Å². The lowest BCUT2D eigenvalue weighted by molar-refractivity contribution is 0.0374. The van der Waals surface area contributed by atoms with Crippen LogP contribution < -0.4 is 19.5 Å². The summed E-state index contributed by atoms with van der Waals surface area (Å²) in [7, 11) is 4.61. The van der Waals surface area contributed by atoms with Gasteiger partial charge >= 0.3 is 0 Å². The Hall–Kier alpha value is -2.78.